The third-order valence-electron chi connectivity index (χ3n) is 5.07. The van der Waals surface area contributed by atoms with Gasteiger partial charge < -0.3 is 9.80 Å². The molecule has 1 aromatic carbocycles. The molecule has 28 heavy (non-hydrogen) atoms. The van der Waals surface area contributed by atoms with Crippen LogP contribution in [0.25, 0.3) is 5.13 Å². The molecule has 0 atom stereocenters. The lowest BCUT2D eigenvalue weighted by Crippen LogP contribution is -2.49. The first kappa shape index (κ1) is 18.5. The first-order chi connectivity index (χ1) is 13.5. The molecule has 4 rings (SSSR count). The fraction of sp³-hybridized carbons (Fsp3) is 0.350. The van der Waals surface area contributed by atoms with Gasteiger partial charge in [0.1, 0.15) is 0 Å². The number of aromatic nitrogens is 3. The molecule has 0 aliphatic carbocycles. The van der Waals surface area contributed by atoms with E-state index in [1.807, 2.05) is 42.3 Å². The van der Waals surface area contributed by atoms with Crippen LogP contribution in [0.1, 0.15) is 17.0 Å². The number of aromatic amines is 1. The van der Waals surface area contributed by atoms with Crippen molar-refractivity contribution in [3.63, 3.8) is 0 Å². The largest absolute Gasteiger partial charge is 0.368 e. The van der Waals surface area contributed by atoms with Crippen molar-refractivity contribution >= 4 is 22.9 Å². The minimum atomic E-state index is -0.192. The van der Waals surface area contributed by atoms with E-state index in [1.54, 1.807) is 0 Å². The van der Waals surface area contributed by atoms with E-state index < -0.39 is 0 Å². The SMILES string of the molecule is Cc1csc(-n2[nH]c(C)c(CC(=O)N3CCN(c4ccccc4)CC3)c2=O)n1. The average Bonchev–Trinajstić information content (AvgIpc) is 3.27. The van der Waals surface area contributed by atoms with Gasteiger partial charge in [0.25, 0.3) is 5.56 Å². The summed E-state index contributed by atoms with van der Waals surface area (Å²) in [5.41, 5.74) is 3.09. The van der Waals surface area contributed by atoms with Gasteiger partial charge in [-0.05, 0) is 26.0 Å². The number of nitrogens with one attached hydrogen (secondary N) is 1. The van der Waals surface area contributed by atoms with Crippen molar-refractivity contribution in [1.29, 1.82) is 0 Å². The van der Waals surface area contributed by atoms with Crippen LogP contribution in [0, 0.1) is 13.8 Å². The predicted octanol–water partition coefficient (Wildman–Crippen LogP) is 2.13. The first-order valence-electron chi connectivity index (χ1n) is 9.33. The minimum absolute atomic E-state index is 0.00520. The van der Waals surface area contributed by atoms with Gasteiger partial charge in [-0.3, -0.25) is 14.7 Å². The van der Waals surface area contributed by atoms with Gasteiger partial charge in [0.2, 0.25) is 11.0 Å². The number of carbonyl (C=O) groups is 1. The van der Waals surface area contributed by atoms with E-state index >= 15 is 0 Å². The highest BCUT2D eigenvalue weighted by molar-refractivity contribution is 7.12. The van der Waals surface area contributed by atoms with Crippen molar-refractivity contribution in [2.24, 2.45) is 0 Å². The topological polar surface area (TPSA) is 74.2 Å². The van der Waals surface area contributed by atoms with E-state index in [0.29, 0.717) is 29.5 Å². The Hall–Kier alpha value is -2.87. The molecule has 0 bridgehead atoms. The number of nitrogens with zero attached hydrogens (tertiary/aromatic N) is 4. The summed E-state index contributed by atoms with van der Waals surface area (Å²) in [6, 6.07) is 10.2. The molecule has 1 aliphatic heterocycles. The Morgan fingerprint density at radius 2 is 1.86 bits per heavy atom. The summed E-state index contributed by atoms with van der Waals surface area (Å²) >= 11 is 1.40. The zero-order chi connectivity index (χ0) is 19.7. The molecule has 8 heteroatoms. The first-order valence-corrected chi connectivity index (χ1v) is 10.2. The highest BCUT2D eigenvalue weighted by Gasteiger charge is 2.24. The summed E-state index contributed by atoms with van der Waals surface area (Å²) in [7, 11) is 0. The van der Waals surface area contributed by atoms with Gasteiger partial charge in [0, 0.05) is 48.5 Å². The van der Waals surface area contributed by atoms with Gasteiger partial charge in [0.15, 0.2) is 0 Å². The summed E-state index contributed by atoms with van der Waals surface area (Å²) in [6.07, 6.45) is 0.115. The second kappa shape index (κ2) is 7.63. The summed E-state index contributed by atoms with van der Waals surface area (Å²) in [4.78, 5) is 34.1. The van der Waals surface area contributed by atoms with Crippen LogP contribution in [0.4, 0.5) is 5.69 Å². The summed E-state index contributed by atoms with van der Waals surface area (Å²) in [6.45, 7) is 6.64. The molecule has 0 spiro atoms. The second-order valence-electron chi connectivity index (χ2n) is 7.01. The maximum Gasteiger partial charge on any atom is 0.277 e. The number of amides is 1. The smallest absolute Gasteiger partial charge is 0.277 e. The number of benzene rings is 1. The Kier molecular flexibility index (Phi) is 5.04. The molecule has 2 aromatic heterocycles. The zero-order valence-electron chi connectivity index (χ0n) is 16.0. The predicted molar refractivity (Wildman–Crippen MR) is 110 cm³/mol. The molecule has 3 heterocycles. The third-order valence-corrected chi connectivity index (χ3v) is 6.02. The molecule has 0 saturated carbocycles. The van der Waals surface area contributed by atoms with E-state index in [1.165, 1.54) is 21.7 Å². The minimum Gasteiger partial charge on any atom is -0.368 e. The summed E-state index contributed by atoms with van der Waals surface area (Å²) < 4.78 is 1.43. The molecule has 0 radical (unpaired) electrons. The lowest BCUT2D eigenvalue weighted by molar-refractivity contribution is -0.130. The highest BCUT2D eigenvalue weighted by Crippen LogP contribution is 2.17. The van der Waals surface area contributed by atoms with Crippen LogP contribution in [0.3, 0.4) is 0 Å². The molecule has 7 nitrogen and oxygen atoms in total. The van der Waals surface area contributed by atoms with Gasteiger partial charge >= 0.3 is 0 Å². The maximum atomic E-state index is 12.8. The molecule has 0 unspecified atom stereocenters. The number of anilines is 1. The third kappa shape index (κ3) is 3.60. The molecule has 3 aromatic rings. The van der Waals surface area contributed by atoms with Crippen LogP contribution in [0.2, 0.25) is 0 Å². The van der Waals surface area contributed by atoms with Crippen molar-refractivity contribution in [2.45, 2.75) is 20.3 Å². The Labute approximate surface area is 167 Å². The van der Waals surface area contributed by atoms with Crippen molar-refractivity contribution in [1.82, 2.24) is 19.7 Å². The van der Waals surface area contributed by atoms with Gasteiger partial charge in [-0.25, -0.2) is 4.98 Å². The molecular formula is C20H23N5O2S. The number of H-pyrrole nitrogens is 1. The average molecular weight is 398 g/mol. The second-order valence-corrected chi connectivity index (χ2v) is 7.84. The molecule has 1 amide bonds. The summed E-state index contributed by atoms with van der Waals surface area (Å²) in [5, 5.41) is 5.55. The molecule has 1 fully saturated rings. The van der Waals surface area contributed by atoms with Crippen LogP contribution in [-0.2, 0) is 11.2 Å². The van der Waals surface area contributed by atoms with Crippen molar-refractivity contribution < 1.29 is 4.79 Å². The monoisotopic (exact) mass is 397 g/mol. The van der Waals surface area contributed by atoms with Crippen molar-refractivity contribution in [3.8, 4) is 5.13 Å². The lowest BCUT2D eigenvalue weighted by atomic mass is 10.1. The Bertz CT molecular complexity index is 1030. The standard InChI is InChI=1S/C20H23N5O2S/c1-14-13-28-20(21-14)25-19(27)17(15(2)22-25)12-18(26)24-10-8-23(9-11-24)16-6-4-3-5-7-16/h3-7,13,22H,8-12H2,1-2H3. The molecular weight excluding hydrogens is 374 g/mol. The summed E-state index contributed by atoms with van der Waals surface area (Å²) in [5.74, 6) is -0.00520. The zero-order valence-corrected chi connectivity index (χ0v) is 16.8. The number of thiazole rings is 1. The number of hydrogen-bond donors (Lipinski definition) is 1. The van der Waals surface area contributed by atoms with Gasteiger partial charge in [-0.1, -0.05) is 18.2 Å². The van der Waals surface area contributed by atoms with E-state index in [4.69, 9.17) is 0 Å². The van der Waals surface area contributed by atoms with Crippen LogP contribution in [0.5, 0.6) is 0 Å². The molecule has 146 valence electrons. The Morgan fingerprint density at radius 1 is 1.14 bits per heavy atom. The van der Waals surface area contributed by atoms with Crippen LogP contribution in [-0.4, -0.2) is 51.8 Å². The number of para-hydroxylation sites is 1. The van der Waals surface area contributed by atoms with Crippen LogP contribution in [0.15, 0.2) is 40.5 Å². The fourth-order valence-electron chi connectivity index (χ4n) is 3.48. The number of carbonyl (C=O) groups excluding carboxylic acids is 1. The molecule has 1 N–H and O–H groups in total. The van der Waals surface area contributed by atoms with E-state index in [0.717, 1.165) is 18.8 Å². The van der Waals surface area contributed by atoms with E-state index in [2.05, 4.69) is 27.1 Å². The van der Waals surface area contributed by atoms with E-state index in [-0.39, 0.29) is 17.9 Å². The maximum absolute atomic E-state index is 12.8. The lowest BCUT2D eigenvalue weighted by Gasteiger charge is -2.36. The highest BCUT2D eigenvalue weighted by atomic mass is 32.1. The number of hydrogen-bond acceptors (Lipinski definition) is 5. The molecule has 1 aliphatic rings. The van der Waals surface area contributed by atoms with Gasteiger partial charge in [-0.15, -0.1) is 11.3 Å². The number of rotatable bonds is 4. The van der Waals surface area contributed by atoms with Crippen molar-refractivity contribution in [3.05, 3.63) is 63.0 Å². The van der Waals surface area contributed by atoms with Crippen molar-refractivity contribution in [2.75, 3.05) is 31.1 Å². The quantitative estimate of drug-likeness (QED) is 0.732. The number of piperazine rings is 1. The van der Waals surface area contributed by atoms with Crippen LogP contribution < -0.4 is 10.5 Å². The number of aryl methyl sites for hydroxylation is 2. The van der Waals surface area contributed by atoms with Gasteiger partial charge in [-0.2, -0.15) is 4.68 Å². The Balaban J connectivity index is 1.43. The van der Waals surface area contributed by atoms with Gasteiger partial charge in [0.05, 0.1) is 12.1 Å². The van der Waals surface area contributed by atoms with Crippen LogP contribution >= 0.6 is 11.3 Å². The Morgan fingerprint density at radius 3 is 2.50 bits per heavy atom. The normalized spacial score (nSPS) is 14.5. The molecule has 1 saturated heterocycles. The van der Waals surface area contributed by atoms with E-state index in [9.17, 15) is 9.59 Å². The fourth-order valence-corrected chi connectivity index (χ4v) is 4.24.